The summed E-state index contributed by atoms with van der Waals surface area (Å²) in [4.78, 5) is 9.69. The molecule has 0 unspecified atom stereocenters. The van der Waals surface area contributed by atoms with E-state index >= 15 is 0 Å². The molecular formula is C24H23N3. The van der Waals surface area contributed by atoms with E-state index in [1.165, 1.54) is 16.7 Å². The molecule has 134 valence electrons. The molecule has 3 heteroatoms. The van der Waals surface area contributed by atoms with Crippen molar-refractivity contribution in [1.82, 2.24) is 0 Å². The highest BCUT2D eigenvalue weighted by molar-refractivity contribution is 6.26. The lowest BCUT2D eigenvalue weighted by Crippen LogP contribution is -2.12. The minimum atomic E-state index is 0.754. The van der Waals surface area contributed by atoms with Gasteiger partial charge in [0, 0.05) is 16.8 Å². The fraction of sp³-hybridized carbons (Fsp3) is 0.167. The van der Waals surface area contributed by atoms with Crippen LogP contribution in [0, 0.1) is 27.7 Å². The number of hydrogen-bond donors (Lipinski definition) is 1. The molecule has 0 aliphatic carbocycles. The normalized spacial score (nSPS) is 14.2. The summed E-state index contributed by atoms with van der Waals surface area (Å²) in [6.07, 6.45) is 0. The number of fused-ring (bicyclic) bond motifs is 1. The van der Waals surface area contributed by atoms with Gasteiger partial charge in [0.1, 0.15) is 5.84 Å². The number of rotatable bonds is 2. The maximum Gasteiger partial charge on any atom is 0.162 e. The van der Waals surface area contributed by atoms with E-state index in [0.29, 0.717) is 0 Å². The fourth-order valence-electron chi connectivity index (χ4n) is 3.42. The molecule has 3 nitrogen and oxygen atoms in total. The molecule has 0 radical (unpaired) electrons. The minimum Gasteiger partial charge on any atom is -0.339 e. The Bertz CT molecular complexity index is 1090. The van der Waals surface area contributed by atoms with E-state index in [0.717, 1.165) is 39.7 Å². The van der Waals surface area contributed by atoms with Crippen LogP contribution in [0.1, 0.15) is 33.4 Å². The van der Waals surface area contributed by atoms with E-state index in [9.17, 15) is 0 Å². The number of aryl methyl sites for hydroxylation is 4. The summed E-state index contributed by atoms with van der Waals surface area (Å²) in [5, 5.41) is 3.50. The van der Waals surface area contributed by atoms with Crippen LogP contribution in [0.25, 0.3) is 0 Å². The Labute approximate surface area is 160 Å². The van der Waals surface area contributed by atoms with Crippen molar-refractivity contribution in [1.29, 1.82) is 0 Å². The molecule has 0 spiro atoms. The van der Waals surface area contributed by atoms with Gasteiger partial charge in [-0.25, -0.2) is 9.98 Å². The highest BCUT2D eigenvalue weighted by Crippen LogP contribution is 2.27. The summed E-state index contributed by atoms with van der Waals surface area (Å²) in [5.41, 5.74) is 9.03. The molecular weight excluding hydrogens is 330 g/mol. The fourth-order valence-corrected chi connectivity index (χ4v) is 3.42. The first-order valence-corrected chi connectivity index (χ1v) is 9.20. The zero-order valence-electron chi connectivity index (χ0n) is 16.2. The van der Waals surface area contributed by atoms with Crippen LogP contribution < -0.4 is 5.32 Å². The first-order valence-electron chi connectivity index (χ1n) is 9.20. The number of anilines is 1. The van der Waals surface area contributed by atoms with E-state index in [2.05, 4.69) is 81.5 Å². The number of nitrogens with one attached hydrogen (secondary N) is 1. The van der Waals surface area contributed by atoms with Gasteiger partial charge in [0.2, 0.25) is 0 Å². The number of benzene rings is 3. The molecule has 0 aromatic heterocycles. The van der Waals surface area contributed by atoms with Gasteiger partial charge >= 0.3 is 0 Å². The molecule has 0 atom stereocenters. The molecule has 0 amide bonds. The standard InChI is InChI=1S/C24H23N3/c1-15-9-11-21(17(3)13-15)25-23-19-7-5-6-8-20(19)24(27-23)26-22-12-10-16(2)14-18(22)4/h5-14H,1-4H3,(H,25,26,27). The Morgan fingerprint density at radius 3 is 2.11 bits per heavy atom. The smallest absolute Gasteiger partial charge is 0.162 e. The van der Waals surface area contributed by atoms with Gasteiger partial charge < -0.3 is 5.32 Å². The monoisotopic (exact) mass is 353 g/mol. The molecule has 0 saturated carbocycles. The van der Waals surface area contributed by atoms with Gasteiger partial charge in [0.25, 0.3) is 0 Å². The molecule has 1 aliphatic heterocycles. The maximum absolute atomic E-state index is 4.86. The molecule has 27 heavy (non-hydrogen) atoms. The van der Waals surface area contributed by atoms with Gasteiger partial charge in [0.05, 0.1) is 5.69 Å². The van der Waals surface area contributed by atoms with Crippen LogP contribution in [0.15, 0.2) is 70.6 Å². The molecule has 3 aromatic carbocycles. The van der Waals surface area contributed by atoms with Crippen molar-refractivity contribution in [2.75, 3.05) is 5.32 Å². The van der Waals surface area contributed by atoms with Crippen molar-refractivity contribution in [3.05, 3.63) is 94.0 Å². The van der Waals surface area contributed by atoms with Gasteiger partial charge in [-0.1, -0.05) is 59.7 Å². The number of amidine groups is 2. The van der Waals surface area contributed by atoms with Gasteiger partial charge in [-0.3, -0.25) is 0 Å². The third-order valence-corrected chi connectivity index (χ3v) is 4.85. The second-order valence-corrected chi connectivity index (χ2v) is 7.17. The third kappa shape index (κ3) is 3.41. The van der Waals surface area contributed by atoms with Gasteiger partial charge in [-0.15, -0.1) is 0 Å². The minimum absolute atomic E-state index is 0.754. The predicted molar refractivity (Wildman–Crippen MR) is 115 cm³/mol. The number of aliphatic imine (C=N–C) groups is 2. The molecule has 1 heterocycles. The van der Waals surface area contributed by atoms with Crippen LogP contribution in [0.3, 0.4) is 0 Å². The van der Waals surface area contributed by atoms with E-state index in [4.69, 9.17) is 9.98 Å². The van der Waals surface area contributed by atoms with E-state index < -0.39 is 0 Å². The molecule has 1 N–H and O–H groups in total. The summed E-state index contributed by atoms with van der Waals surface area (Å²) >= 11 is 0. The largest absolute Gasteiger partial charge is 0.339 e. The average molecular weight is 353 g/mol. The van der Waals surface area contributed by atoms with Crippen LogP contribution in [0.5, 0.6) is 0 Å². The highest BCUT2D eigenvalue weighted by atomic mass is 15.1. The van der Waals surface area contributed by atoms with E-state index in [1.807, 2.05) is 12.1 Å². The lowest BCUT2D eigenvalue weighted by atomic mass is 10.1. The molecule has 0 fully saturated rings. The van der Waals surface area contributed by atoms with Crippen molar-refractivity contribution >= 4 is 23.0 Å². The zero-order valence-corrected chi connectivity index (χ0v) is 16.2. The van der Waals surface area contributed by atoms with Gasteiger partial charge in [0.15, 0.2) is 5.84 Å². The summed E-state index contributed by atoms with van der Waals surface area (Å²) in [6.45, 7) is 8.40. The van der Waals surface area contributed by atoms with Crippen molar-refractivity contribution in [2.24, 2.45) is 9.98 Å². The second kappa shape index (κ2) is 6.84. The second-order valence-electron chi connectivity index (χ2n) is 7.17. The summed E-state index contributed by atoms with van der Waals surface area (Å²) in [7, 11) is 0. The predicted octanol–water partition coefficient (Wildman–Crippen LogP) is 5.87. The van der Waals surface area contributed by atoms with Crippen LogP contribution >= 0.6 is 0 Å². The quantitative estimate of drug-likeness (QED) is 0.614. The molecule has 0 saturated heterocycles. The highest BCUT2D eigenvalue weighted by Gasteiger charge is 2.22. The van der Waals surface area contributed by atoms with Crippen molar-refractivity contribution < 1.29 is 0 Å². The SMILES string of the molecule is Cc1ccc(N=C2N=C(Nc3ccc(C)cc3C)c3ccccc32)c(C)c1. The van der Waals surface area contributed by atoms with E-state index in [-0.39, 0.29) is 0 Å². The number of hydrogen-bond acceptors (Lipinski definition) is 2. The molecule has 3 aromatic rings. The Morgan fingerprint density at radius 1 is 0.741 bits per heavy atom. The third-order valence-electron chi connectivity index (χ3n) is 4.85. The summed E-state index contributed by atoms with van der Waals surface area (Å²) < 4.78 is 0. The van der Waals surface area contributed by atoms with Gasteiger partial charge in [-0.2, -0.15) is 0 Å². The molecule has 0 bridgehead atoms. The van der Waals surface area contributed by atoms with Crippen LogP contribution in [0.2, 0.25) is 0 Å². The lowest BCUT2D eigenvalue weighted by molar-refractivity contribution is 1.34. The topological polar surface area (TPSA) is 36.8 Å². The first-order chi connectivity index (χ1) is 13.0. The summed E-state index contributed by atoms with van der Waals surface area (Å²) in [5.74, 6) is 1.60. The summed E-state index contributed by atoms with van der Waals surface area (Å²) in [6, 6.07) is 20.9. The maximum atomic E-state index is 4.86. The van der Waals surface area contributed by atoms with Crippen LogP contribution in [0.4, 0.5) is 11.4 Å². The van der Waals surface area contributed by atoms with Crippen molar-refractivity contribution in [3.8, 4) is 0 Å². The Hall–Kier alpha value is -3.20. The Balaban J connectivity index is 1.76. The molecule has 4 rings (SSSR count). The lowest BCUT2D eigenvalue weighted by Gasteiger charge is -2.10. The van der Waals surface area contributed by atoms with Crippen LogP contribution in [-0.2, 0) is 0 Å². The number of nitrogens with zero attached hydrogens (tertiary/aromatic N) is 2. The van der Waals surface area contributed by atoms with Crippen molar-refractivity contribution in [2.45, 2.75) is 27.7 Å². The van der Waals surface area contributed by atoms with Gasteiger partial charge in [-0.05, 0) is 51.0 Å². The zero-order chi connectivity index (χ0) is 19.0. The average Bonchev–Trinajstić information content (AvgIpc) is 2.98. The van der Waals surface area contributed by atoms with E-state index in [1.54, 1.807) is 0 Å². The van der Waals surface area contributed by atoms with Crippen molar-refractivity contribution in [3.63, 3.8) is 0 Å². The van der Waals surface area contributed by atoms with Crippen LogP contribution in [-0.4, -0.2) is 11.7 Å². The molecule has 1 aliphatic rings. The Kier molecular flexibility index (Phi) is 4.36. The Morgan fingerprint density at radius 2 is 1.41 bits per heavy atom. The first kappa shape index (κ1) is 17.2.